The first kappa shape index (κ1) is 25.4. The molecule has 34 heavy (non-hydrogen) atoms. The van der Waals surface area contributed by atoms with E-state index in [-0.39, 0.29) is 24.0 Å². The SMILES string of the molecule is CN1CCCC/C=C\[C@@H]2C[C@@]2(C(=O)NS(=O)(=O)C2(C)CC2)CCCC(=O)[C@@H]2C[C@@H](O)C[C@H]2C1=O. The number of fused-ring (bicyclic) bond motifs is 2. The number of sulfonamides is 1. The maximum absolute atomic E-state index is 13.2. The molecule has 0 radical (unpaired) electrons. The molecule has 0 aromatic rings. The quantitative estimate of drug-likeness (QED) is 0.581. The van der Waals surface area contributed by atoms with Crippen LogP contribution < -0.4 is 4.72 Å². The van der Waals surface area contributed by atoms with Gasteiger partial charge < -0.3 is 10.0 Å². The maximum atomic E-state index is 13.2. The number of carbonyl (C=O) groups is 3. The van der Waals surface area contributed by atoms with Crippen molar-refractivity contribution in [2.75, 3.05) is 13.6 Å². The molecule has 8 nitrogen and oxygen atoms in total. The lowest BCUT2D eigenvalue weighted by Crippen LogP contribution is -2.43. The molecule has 0 aromatic carbocycles. The van der Waals surface area contributed by atoms with Gasteiger partial charge in [0.1, 0.15) is 5.78 Å². The molecule has 3 fully saturated rings. The Hall–Kier alpha value is -1.74. The Kier molecular flexibility index (Phi) is 6.99. The molecule has 0 spiro atoms. The number of nitrogens with zero attached hydrogens (tertiary/aromatic N) is 1. The lowest BCUT2D eigenvalue weighted by molar-refractivity contribution is -0.139. The minimum atomic E-state index is -3.72. The molecule has 5 atom stereocenters. The summed E-state index contributed by atoms with van der Waals surface area (Å²) >= 11 is 0. The second-order valence-corrected chi connectivity index (χ2v) is 13.4. The van der Waals surface area contributed by atoms with Crippen LogP contribution in [0.1, 0.15) is 77.6 Å². The van der Waals surface area contributed by atoms with Crippen LogP contribution >= 0.6 is 0 Å². The lowest BCUT2D eigenvalue weighted by Gasteiger charge is -2.25. The van der Waals surface area contributed by atoms with Gasteiger partial charge in [-0.3, -0.25) is 19.1 Å². The Morgan fingerprint density at radius 3 is 2.53 bits per heavy atom. The van der Waals surface area contributed by atoms with Gasteiger partial charge in [-0.15, -0.1) is 0 Å². The number of aliphatic hydroxyl groups excluding tert-OH is 1. The van der Waals surface area contributed by atoms with E-state index in [4.69, 9.17) is 0 Å². The van der Waals surface area contributed by atoms with E-state index in [1.165, 1.54) is 0 Å². The number of hydrogen-bond donors (Lipinski definition) is 2. The number of ketones is 1. The summed E-state index contributed by atoms with van der Waals surface area (Å²) in [6, 6.07) is 0. The van der Waals surface area contributed by atoms with Gasteiger partial charge in [-0.05, 0) is 77.0 Å². The fraction of sp³-hybridized carbons (Fsp3) is 0.800. The zero-order valence-corrected chi connectivity index (χ0v) is 21.1. The zero-order valence-electron chi connectivity index (χ0n) is 20.3. The molecule has 3 saturated carbocycles. The van der Waals surface area contributed by atoms with E-state index in [1.54, 1.807) is 18.9 Å². The van der Waals surface area contributed by atoms with Crippen LogP contribution in [-0.4, -0.2) is 60.5 Å². The van der Waals surface area contributed by atoms with Crippen molar-refractivity contribution in [3.63, 3.8) is 0 Å². The van der Waals surface area contributed by atoms with Crippen LogP contribution in [0.5, 0.6) is 0 Å². The number of carbonyl (C=O) groups excluding carboxylic acids is 3. The molecule has 0 bridgehead atoms. The van der Waals surface area contributed by atoms with Crippen LogP contribution in [0.4, 0.5) is 0 Å². The Labute approximate surface area is 202 Å². The van der Waals surface area contributed by atoms with E-state index in [0.717, 1.165) is 19.3 Å². The fourth-order valence-corrected chi connectivity index (χ4v) is 7.04. The number of aliphatic hydroxyl groups is 1. The monoisotopic (exact) mass is 494 g/mol. The summed E-state index contributed by atoms with van der Waals surface area (Å²) in [7, 11) is -1.95. The maximum Gasteiger partial charge on any atom is 0.240 e. The standard InChI is InChI=1S/C25H38N2O6S/c1-24(11-12-24)34(32,33)26-23(31)25-10-7-9-21(29)19-14-18(28)15-20(19)22(30)27(2)13-6-4-3-5-8-17(25)16-25/h5,8,17-20,28H,3-4,6-7,9-16H2,1-2H3,(H,26,31)/b8-5-/t17-,18-,19-,20-,25+/m1/s1. The highest BCUT2D eigenvalue weighted by atomic mass is 32.2. The van der Waals surface area contributed by atoms with Gasteiger partial charge in [-0.2, -0.15) is 0 Å². The second-order valence-electron chi connectivity index (χ2n) is 11.2. The molecule has 4 aliphatic rings. The van der Waals surface area contributed by atoms with Gasteiger partial charge in [0.25, 0.3) is 0 Å². The molecule has 190 valence electrons. The van der Waals surface area contributed by atoms with Crippen molar-refractivity contribution < 1.29 is 27.9 Å². The molecule has 0 aromatic heterocycles. The first-order valence-corrected chi connectivity index (χ1v) is 14.2. The van der Waals surface area contributed by atoms with Crippen LogP contribution in [-0.2, 0) is 24.4 Å². The number of nitrogens with one attached hydrogen (secondary N) is 1. The summed E-state index contributed by atoms with van der Waals surface area (Å²) in [6.45, 7) is 2.26. The predicted octanol–water partition coefficient (Wildman–Crippen LogP) is 2.32. The van der Waals surface area contributed by atoms with E-state index in [0.29, 0.717) is 51.5 Å². The predicted molar refractivity (Wildman–Crippen MR) is 127 cm³/mol. The third kappa shape index (κ3) is 4.96. The highest BCUT2D eigenvalue weighted by Crippen LogP contribution is 2.58. The van der Waals surface area contributed by atoms with Crippen molar-refractivity contribution in [1.29, 1.82) is 0 Å². The van der Waals surface area contributed by atoms with E-state index in [1.807, 2.05) is 6.08 Å². The van der Waals surface area contributed by atoms with Gasteiger partial charge in [0.2, 0.25) is 21.8 Å². The average Bonchev–Trinajstić information content (AvgIpc) is 3.65. The smallest absolute Gasteiger partial charge is 0.240 e. The third-order valence-corrected chi connectivity index (χ3v) is 10.7. The summed E-state index contributed by atoms with van der Waals surface area (Å²) in [4.78, 5) is 40.9. The van der Waals surface area contributed by atoms with Gasteiger partial charge >= 0.3 is 0 Å². The minimum absolute atomic E-state index is 0.0250. The number of rotatable bonds is 3. The molecule has 2 N–H and O–H groups in total. The summed E-state index contributed by atoms with van der Waals surface area (Å²) in [5.41, 5.74) is -0.795. The Morgan fingerprint density at radius 2 is 1.82 bits per heavy atom. The Balaban J connectivity index is 1.49. The topological polar surface area (TPSA) is 121 Å². The minimum Gasteiger partial charge on any atom is -0.393 e. The average molecular weight is 495 g/mol. The van der Waals surface area contributed by atoms with Crippen LogP contribution in [0.15, 0.2) is 12.2 Å². The van der Waals surface area contributed by atoms with Crippen LogP contribution in [0.3, 0.4) is 0 Å². The molecule has 1 aliphatic heterocycles. The van der Waals surface area contributed by atoms with Crippen molar-refractivity contribution in [2.24, 2.45) is 23.2 Å². The van der Waals surface area contributed by atoms with E-state index in [9.17, 15) is 27.9 Å². The first-order chi connectivity index (χ1) is 16.0. The Bertz CT molecular complexity index is 972. The number of hydrogen-bond acceptors (Lipinski definition) is 6. The molecule has 4 rings (SSSR count). The van der Waals surface area contributed by atoms with Crippen LogP contribution in [0.25, 0.3) is 0 Å². The zero-order chi connectivity index (χ0) is 24.7. The third-order valence-electron chi connectivity index (χ3n) is 8.59. The molecule has 0 unspecified atom stereocenters. The van der Waals surface area contributed by atoms with E-state index >= 15 is 0 Å². The molecule has 3 aliphatic carbocycles. The van der Waals surface area contributed by atoms with Gasteiger partial charge in [0.15, 0.2) is 0 Å². The number of amides is 2. The highest BCUT2D eigenvalue weighted by Gasteiger charge is 2.60. The summed E-state index contributed by atoms with van der Waals surface area (Å²) < 4.78 is 26.8. The van der Waals surface area contributed by atoms with E-state index < -0.39 is 44.0 Å². The normalized spacial score (nSPS) is 37.4. The molecule has 1 heterocycles. The van der Waals surface area contributed by atoms with Crippen molar-refractivity contribution in [1.82, 2.24) is 9.62 Å². The van der Waals surface area contributed by atoms with Gasteiger partial charge in [-0.25, -0.2) is 8.42 Å². The van der Waals surface area contributed by atoms with Crippen molar-refractivity contribution >= 4 is 27.6 Å². The first-order valence-electron chi connectivity index (χ1n) is 12.7. The van der Waals surface area contributed by atoms with Crippen molar-refractivity contribution in [2.45, 2.75) is 88.4 Å². The summed E-state index contributed by atoms with van der Waals surface area (Å²) in [5.74, 6) is -1.58. The van der Waals surface area contributed by atoms with Gasteiger partial charge in [0, 0.05) is 25.9 Å². The molecule has 9 heteroatoms. The largest absolute Gasteiger partial charge is 0.393 e. The summed E-state index contributed by atoms with van der Waals surface area (Å²) in [6.07, 6.45) is 9.40. The van der Waals surface area contributed by atoms with E-state index in [2.05, 4.69) is 10.8 Å². The van der Waals surface area contributed by atoms with Crippen molar-refractivity contribution in [3.8, 4) is 0 Å². The molecular weight excluding hydrogens is 456 g/mol. The van der Waals surface area contributed by atoms with Gasteiger partial charge in [0.05, 0.1) is 22.2 Å². The summed E-state index contributed by atoms with van der Waals surface area (Å²) in [5, 5.41) is 10.2. The van der Waals surface area contributed by atoms with Crippen LogP contribution in [0.2, 0.25) is 0 Å². The molecular formula is C25H38N2O6S. The fourth-order valence-electron chi connectivity index (χ4n) is 5.71. The molecule has 0 saturated heterocycles. The number of allylic oxidation sites excluding steroid dienone is 2. The second kappa shape index (κ2) is 9.37. The van der Waals surface area contributed by atoms with Gasteiger partial charge in [-0.1, -0.05) is 12.2 Å². The molecule has 2 amide bonds. The number of Topliss-reactive ketones (excluding diaryl/α,β-unsaturated/α-hetero) is 1. The Morgan fingerprint density at radius 1 is 1.12 bits per heavy atom. The highest BCUT2D eigenvalue weighted by molar-refractivity contribution is 7.91. The van der Waals surface area contributed by atoms with Crippen LogP contribution in [0, 0.1) is 23.2 Å². The van der Waals surface area contributed by atoms with Crippen molar-refractivity contribution in [3.05, 3.63) is 12.2 Å². The lowest BCUT2D eigenvalue weighted by atomic mass is 9.86.